The predicted molar refractivity (Wildman–Crippen MR) is 154 cm³/mol. The number of rotatable bonds is 13. The largest absolute Gasteiger partial charge is 0.349 e. The maximum Gasteiger partial charge on any atom is 0.251 e. The van der Waals surface area contributed by atoms with Crippen molar-refractivity contribution in [3.8, 4) is 0 Å². The number of carbonyl (C=O) groups excluding carboxylic acids is 1. The van der Waals surface area contributed by atoms with Crippen LogP contribution in [0.4, 0.5) is 8.78 Å². The van der Waals surface area contributed by atoms with Crippen molar-refractivity contribution >= 4 is 5.91 Å². The number of hydrogen-bond acceptors (Lipinski definition) is 3. The maximum atomic E-state index is 13.9. The molecule has 3 aromatic rings. The van der Waals surface area contributed by atoms with E-state index in [1.54, 1.807) is 0 Å². The van der Waals surface area contributed by atoms with Gasteiger partial charge in [0.15, 0.2) is 0 Å². The first-order chi connectivity index (χ1) is 18.9. The van der Waals surface area contributed by atoms with Gasteiger partial charge >= 0.3 is 0 Å². The Morgan fingerprint density at radius 2 is 1.74 bits per heavy atom. The lowest BCUT2D eigenvalue weighted by atomic mass is 9.96. The van der Waals surface area contributed by atoms with Crippen molar-refractivity contribution in [3.05, 3.63) is 106 Å². The number of hydrogen-bond donors (Lipinski definition) is 2. The zero-order valence-corrected chi connectivity index (χ0v) is 23.2. The molecule has 1 amide bonds. The van der Waals surface area contributed by atoms with Crippen LogP contribution in [-0.4, -0.2) is 36.5 Å². The van der Waals surface area contributed by atoms with Crippen LogP contribution in [0.25, 0.3) is 0 Å². The molecule has 0 aromatic heterocycles. The van der Waals surface area contributed by atoms with Gasteiger partial charge in [-0.2, -0.15) is 0 Å². The Morgan fingerprint density at radius 1 is 0.949 bits per heavy atom. The van der Waals surface area contributed by atoms with Crippen LogP contribution in [0.1, 0.15) is 71.3 Å². The third kappa shape index (κ3) is 8.70. The summed E-state index contributed by atoms with van der Waals surface area (Å²) in [6.45, 7) is 8.73. The lowest BCUT2D eigenvalue weighted by Crippen LogP contribution is -2.39. The zero-order chi connectivity index (χ0) is 27.6. The number of amides is 1. The molecule has 0 fully saturated rings. The standard InChI is InChI=1S/C33H41F2N3O/c1-3-5-14-38-15-12-27-9-10-28(20-29(27)23-38)33(39)37-32(19-26-17-30(34)21-31(35)18-26)11-13-36-22-25-8-6-7-24(4-2)16-25/h6-10,16-18,20-21,32,36H,3-5,11-15,19,22-23H2,1-2H3,(H,37,39)/t32-/m1/s1. The summed E-state index contributed by atoms with van der Waals surface area (Å²) in [4.78, 5) is 15.8. The van der Waals surface area contributed by atoms with Crippen LogP contribution in [0.3, 0.4) is 0 Å². The number of fused-ring (bicyclic) bond motifs is 1. The predicted octanol–water partition coefficient (Wildman–Crippen LogP) is 6.21. The first kappa shape index (κ1) is 28.9. The molecule has 0 bridgehead atoms. The summed E-state index contributed by atoms with van der Waals surface area (Å²) < 4.78 is 27.8. The topological polar surface area (TPSA) is 44.4 Å². The molecule has 1 atom stereocenters. The molecule has 0 unspecified atom stereocenters. The molecule has 0 saturated heterocycles. The van der Waals surface area contributed by atoms with Crippen LogP contribution in [-0.2, 0) is 32.4 Å². The summed E-state index contributed by atoms with van der Waals surface area (Å²) in [5.74, 6) is -1.36. The van der Waals surface area contributed by atoms with E-state index < -0.39 is 11.6 Å². The number of aryl methyl sites for hydroxylation is 1. The van der Waals surface area contributed by atoms with Crippen molar-refractivity contribution in [2.24, 2.45) is 0 Å². The third-order valence-electron chi connectivity index (χ3n) is 7.53. The van der Waals surface area contributed by atoms with Crippen molar-refractivity contribution in [2.75, 3.05) is 19.6 Å². The molecular weight excluding hydrogens is 492 g/mol. The summed E-state index contributed by atoms with van der Waals surface area (Å²) in [5, 5.41) is 6.62. The van der Waals surface area contributed by atoms with Gasteiger partial charge in [0, 0.05) is 37.3 Å². The first-order valence-electron chi connectivity index (χ1n) is 14.3. The Bertz CT molecular complexity index is 1230. The van der Waals surface area contributed by atoms with E-state index in [0.29, 0.717) is 30.5 Å². The fourth-order valence-electron chi connectivity index (χ4n) is 5.31. The highest BCUT2D eigenvalue weighted by Gasteiger charge is 2.20. The first-order valence-corrected chi connectivity index (χ1v) is 14.3. The number of halogens is 2. The van der Waals surface area contributed by atoms with Gasteiger partial charge in [-0.05, 0) is 97.3 Å². The smallest absolute Gasteiger partial charge is 0.251 e. The quantitative estimate of drug-likeness (QED) is 0.257. The fourth-order valence-corrected chi connectivity index (χ4v) is 5.31. The summed E-state index contributed by atoms with van der Waals surface area (Å²) >= 11 is 0. The van der Waals surface area contributed by atoms with Gasteiger partial charge in [0.1, 0.15) is 11.6 Å². The van der Waals surface area contributed by atoms with Crippen molar-refractivity contribution in [1.29, 1.82) is 0 Å². The molecule has 2 N–H and O–H groups in total. The van der Waals surface area contributed by atoms with Gasteiger partial charge in [0.2, 0.25) is 0 Å². The molecule has 0 spiro atoms. The van der Waals surface area contributed by atoms with Crippen molar-refractivity contribution < 1.29 is 13.6 Å². The number of benzene rings is 3. The fraction of sp³-hybridized carbons (Fsp3) is 0.424. The van der Waals surface area contributed by atoms with Crippen LogP contribution in [0.5, 0.6) is 0 Å². The average molecular weight is 534 g/mol. The van der Waals surface area contributed by atoms with E-state index in [9.17, 15) is 13.6 Å². The highest BCUT2D eigenvalue weighted by molar-refractivity contribution is 5.94. The molecule has 4 rings (SSSR count). The van der Waals surface area contributed by atoms with E-state index in [1.165, 1.54) is 47.2 Å². The maximum absolute atomic E-state index is 13.9. The Labute approximate surface area is 231 Å². The van der Waals surface area contributed by atoms with Gasteiger partial charge < -0.3 is 10.6 Å². The zero-order valence-electron chi connectivity index (χ0n) is 23.2. The van der Waals surface area contributed by atoms with Crippen LogP contribution in [0.15, 0.2) is 60.7 Å². The number of unbranched alkanes of at least 4 members (excludes halogenated alkanes) is 1. The van der Waals surface area contributed by atoms with Crippen LogP contribution < -0.4 is 10.6 Å². The second-order valence-corrected chi connectivity index (χ2v) is 10.7. The normalized spacial score (nSPS) is 14.2. The van der Waals surface area contributed by atoms with Gasteiger partial charge in [0.05, 0.1) is 0 Å². The van der Waals surface area contributed by atoms with E-state index in [1.807, 2.05) is 12.1 Å². The second kappa shape index (κ2) is 14.3. The average Bonchev–Trinajstić information content (AvgIpc) is 2.93. The SMILES string of the molecule is CCCCN1CCc2ccc(C(=O)N[C@H](CCNCc3cccc(CC)c3)Cc3cc(F)cc(F)c3)cc2C1. The van der Waals surface area contributed by atoms with E-state index in [0.717, 1.165) is 45.1 Å². The van der Waals surface area contributed by atoms with E-state index in [4.69, 9.17) is 0 Å². The third-order valence-corrected chi connectivity index (χ3v) is 7.53. The number of nitrogens with one attached hydrogen (secondary N) is 2. The lowest BCUT2D eigenvalue weighted by molar-refractivity contribution is 0.0934. The Kier molecular flexibility index (Phi) is 10.6. The van der Waals surface area contributed by atoms with Crippen LogP contribution in [0, 0.1) is 11.6 Å². The molecule has 4 nitrogen and oxygen atoms in total. The molecule has 0 radical (unpaired) electrons. The number of carbonyl (C=O) groups is 1. The van der Waals surface area contributed by atoms with E-state index in [2.05, 4.69) is 59.7 Å². The van der Waals surface area contributed by atoms with Gasteiger partial charge in [-0.3, -0.25) is 9.69 Å². The monoisotopic (exact) mass is 533 g/mol. The molecule has 208 valence electrons. The summed E-state index contributed by atoms with van der Waals surface area (Å²) in [7, 11) is 0. The van der Waals surface area contributed by atoms with Gasteiger partial charge in [-0.15, -0.1) is 0 Å². The molecule has 39 heavy (non-hydrogen) atoms. The Balaban J connectivity index is 1.41. The molecule has 6 heteroatoms. The van der Waals surface area contributed by atoms with Gasteiger partial charge in [0.25, 0.3) is 5.91 Å². The van der Waals surface area contributed by atoms with E-state index in [-0.39, 0.29) is 11.9 Å². The minimum absolute atomic E-state index is 0.152. The molecule has 3 aromatic carbocycles. The lowest BCUT2D eigenvalue weighted by Gasteiger charge is -2.29. The van der Waals surface area contributed by atoms with Crippen LogP contribution in [0.2, 0.25) is 0 Å². The van der Waals surface area contributed by atoms with Gasteiger partial charge in [-0.25, -0.2) is 8.78 Å². The molecule has 0 saturated carbocycles. The summed E-state index contributed by atoms with van der Waals surface area (Å²) in [6.07, 6.45) is 5.32. The molecule has 1 aliphatic rings. The van der Waals surface area contributed by atoms with Crippen LogP contribution >= 0.6 is 0 Å². The molecule has 0 aliphatic carbocycles. The highest BCUT2D eigenvalue weighted by atomic mass is 19.1. The van der Waals surface area contributed by atoms with Gasteiger partial charge in [-0.1, -0.05) is 50.6 Å². The minimum Gasteiger partial charge on any atom is -0.349 e. The highest BCUT2D eigenvalue weighted by Crippen LogP contribution is 2.21. The van der Waals surface area contributed by atoms with E-state index >= 15 is 0 Å². The molecule has 1 heterocycles. The second-order valence-electron chi connectivity index (χ2n) is 10.7. The van der Waals surface area contributed by atoms with Crippen molar-refractivity contribution in [1.82, 2.24) is 15.5 Å². The summed E-state index contributed by atoms with van der Waals surface area (Å²) in [5.41, 5.74) is 6.19. The number of nitrogens with zero attached hydrogens (tertiary/aromatic N) is 1. The summed E-state index contributed by atoms with van der Waals surface area (Å²) in [6, 6.07) is 17.8. The van der Waals surface area contributed by atoms with Crippen molar-refractivity contribution in [2.45, 2.75) is 71.5 Å². The molecule has 1 aliphatic heterocycles. The molecular formula is C33H41F2N3O. The minimum atomic E-state index is -0.605. The Morgan fingerprint density at radius 3 is 2.51 bits per heavy atom. The van der Waals surface area contributed by atoms with Crippen molar-refractivity contribution in [3.63, 3.8) is 0 Å². The Hall–Kier alpha value is -3.09.